The van der Waals surface area contributed by atoms with Gasteiger partial charge in [0.25, 0.3) is 0 Å². The summed E-state index contributed by atoms with van der Waals surface area (Å²) in [6, 6.07) is 10.1. The average Bonchev–Trinajstić information content (AvgIpc) is 3.16. The first-order valence-corrected chi connectivity index (χ1v) is 11.5. The van der Waals surface area contributed by atoms with Crippen molar-refractivity contribution in [2.24, 2.45) is 5.92 Å². The molecular formula is C21H29N5O2S. The third-order valence-corrected chi connectivity index (χ3v) is 6.76. The van der Waals surface area contributed by atoms with Crippen LogP contribution in [0.3, 0.4) is 0 Å². The Morgan fingerprint density at radius 3 is 2.83 bits per heavy atom. The van der Waals surface area contributed by atoms with Crippen LogP contribution in [-0.2, 0) is 11.3 Å². The number of carbonyl (C=O) groups excluding carboxylic acids is 1. The van der Waals surface area contributed by atoms with E-state index in [0.29, 0.717) is 6.04 Å². The molecule has 0 bridgehead atoms. The lowest BCUT2D eigenvalue weighted by Crippen LogP contribution is -2.62. The van der Waals surface area contributed by atoms with Crippen molar-refractivity contribution in [2.75, 3.05) is 5.75 Å². The van der Waals surface area contributed by atoms with Crippen LogP contribution in [-0.4, -0.2) is 38.6 Å². The maximum absolute atomic E-state index is 12.4. The molecule has 2 aliphatic rings. The quantitative estimate of drug-likeness (QED) is 0.676. The number of aromatic nitrogens is 3. The van der Waals surface area contributed by atoms with Gasteiger partial charge in [-0.15, -0.1) is 10.2 Å². The van der Waals surface area contributed by atoms with E-state index in [1.165, 1.54) is 6.42 Å². The molecule has 1 amide bonds. The van der Waals surface area contributed by atoms with Crippen molar-refractivity contribution >= 4 is 17.7 Å². The van der Waals surface area contributed by atoms with E-state index in [0.717, 1.165) is 48.3 Å². The molecule has 0 spiro atoms. The number of benzene rings is 1. The second-order valence-electron chi connectivity index (χ2n) is 7.69. The average molecular weight is 416 g/mol. The first kappa shape index (κ1) is 20.2. The largest absolute Gasteiger partial charge is 0.483 e. The molecule has 4 rings (SSSR count). The summed E-state index contributed by atoms with van der Waals surface area (Å²) >= 11 is 1.62. The lowest BCUT2D eigenvalue weighted by atomic mass is 9.82. The Kier molecular flexibility index (Phi) is 6.40. The van der Waals surface area contributed by atoms with Gasteiger partial charge in [-0.25, -0.2) is 0 Å². The number of nitrogens with zero attached hydrogens (tertiary/aromatic N) is 3. The summed E-state index contributed by atoms with van der Waals surface area (Å²) in [6.07, 6.45) is 4.21. The third-order valence-electron chi connectivity index (χ3n) is 5.69. The van der Waals surface area contributed by atoms with Crippen LogP contribution < -0.4 is 15.4 Å². The van der Waals surface area contributed by atoms with Gasteiger partial charge in [0.2, 0.25) is 5.91 Å². The molecule has 1 aliphatic heterocycles. The van der Waals surface area contributed by atoms with Gasteiger partial charge in [-0.2, -0.15) is 0 Å². The normalized spacial score (nSPS) is 25.2. The Morgan fingerprint density at radius 2 is 2.03 bits per heavy atom. The second kappa shape index (κ2) is 9.17. The molecule has 1 saturated carbocycles. The number of amides is 1. The fourth-order valence-electron chi connectivity index (χ4n) is 4.23. The fourth-order valence-corrected chi connectivity index (χ4v) is 5.20. The van der Waals surface area contributed by atoms with Crippen molar-refractivity contribution in [3.63, 3.8) is 0 Å². The lowest BCUT2D eigenvalue weighted by Gasteiger charge is -2.40. The van der Waals surface area contributed by atoms with Crippen molar-refractivity contribution in [3.05, 3.63) is 36.2 Å². The minimum Gasteiger partial charge on any atom is -0.483 e. The molecule has 29 heavy (non-hydrogen) atoms. The monoisotopic (exact) mass is 415 g/mol. The third kappa shape index (κ3) is 4.59. The van der Waals surface area contributed by atoms with Gasteiger partial charge in [0.15, 0.2) is 17.1 Å². The molecule has 4 atom stereocenters. The molecule has 2 heterocycles. The number of fused-ring (bicyclic) bond motifs is 1. The summed E-state index contributed by atoms with van der Waals surface area (Å²) in [5.41, 5.74) is 0. The lowest BCUT2D eigenvalue weighted by molar-refractivity contribution is -0.130. The predicted molar refractivity (Wildman–Crippen MR) is 113 cm³/mol. The highest BCUT2D eigenvalue weighted by Crippen LogP contribution is 2.29. The van der Waals surface area contributed by atoms with E-state index in [2.05, 4.69) is 32.3 Å². The number of hydrogen-bond acceptors (Lipinski definition) is 6. The van der Waals surface area contributed by atoms with E-state index < -0.39 is 0 Å². The highest BCUT2D eigenvalue weighted by molar-refractivity contribution is 7.99. The zero-order valence-corrected chi connectivity index (χ0v) is 17.8. The minimum absolute atomic E-state index is 0.0321. The van der Waals surface area contributed by atoms with Crippen LogP contribution in [0.1, 0.15) is 51.5 Å². The number of para-hydroxylation sites is 1. The van der Waals surface area contributed by atoms with E-state index in [4.69, 9.17) is 4.74 Å². The number of ether oxygens (including phenoxy) is 1. The molecule has 1 aliphatic carbocycles. The van der Waals surface area contributed by atoms with Crippen molar-refractivity contribution in [1.82, 2.24) is 25.4 Å². The van der Waals surface area contributed by atoms with Gasteiger partial charge < -0.3 is 14.6 Å². The summed E-state index contributed by atoms with van der Waals surface area (Å²) in [5.74, 6) is 2.68. The summed E-state index contributed by atoms with van der Waals surface area (Å²) in [6.45, 7) is 4.84. The Morgan fingerprint density at radius 1 is 1.24 bits per heavy atom. The zero-order chi connectivity index (χ0) is 20.2. The van der Waals surface area contributed by atoms with E-state index in [1.54, 1.807) is 11.8 Å². The Hall–Kier alpha value is -2.06. The molecule has 8 heteroatoms. The number of carbonyl (C=O) groups is 1. The first-order valence-electron chi connectivity index (χ1n) is 10.5. The molecule has 2 aromatic rings. The van der Waals surface area contributed by atoms with Crippen LogP contribution >= 0.6 is 11.8 Å². The van der Waals surface area contributed by atoms with E-state index in [-0.39, 0.29) is 24.1 Å². The number of rotatable bonds is 7. The number of nitrogens with one attached hydrogen (secondary N) is 2. The highest BCUT2D eigenvalue weighted by Gasteiger charge is 2.37. The summed E-state index contributed by atoms with van der Waals surface area (Å²) in [7, 11) is 0. The van der Waals surface area contributed by atoms with Gasteiger partial charge >= 0.3 is 0 Å². The summed E-state index contributed by atoms with van der Waals surface area (Å²) in [4.78, 5) is 12.4. The standard InChI is InChI=1S/C21H29N5O2S/c1-3-26-19(14(2)28-15-9-5-4-6-10-15)24-25-21(26)29-13-18-22-17-12-8-7-11-16(17)20(27)23-18/h4-6,9-10,14,16-18,22H,3,7-8,11-13H2,1-2H3,(H,23,27). The molecule has 2 N–H and O–H groups in total. The maximum atomic E-state index is 12.4. The number of hydrogen-bond donors (Lipinski definition) is 2. The topological polar surface area (TPSA) is 81.1 Å². The zero-order valence-electron chi connectivity index (χ0n) is 17.0. The smallest absolute Gasteiger partial charge is 0.225 e. The van der Waals surface area contributed by atoms with Crippen molar-refractivity contribution < 1.29 is 9.53 Å². The summed E-state index contributed by atoms with van der Waals surface area (Å²) in [5, 5.41) is 16.4. The molecule has 1 aromatic carbocycles. The number of thioether (sulfide) groups is 1. The Labute approximate surface area is 176 Å². The first-order chi connectivity index (χ1) is 14.2. The van der Waals surface area contributed by atoms with Gasteiger partial charge in [0.05, 0.1) is 12.1 Å². The molecule has 1 aromatic heterocycles. The summed E-state index contributed by atoms with van der Waals surface area (Å²) < 4.78 is 8.11. The minimum atomic E-state index is -0.199. The highest BCUT2D eigenvalue weighted by atomic mass is 32.2. The van der Waals surface area contributed by atoms with E-state index in [9.17, 15) is 4.79 Å². The SMILES string of the molecule is CCn1c(SCC2NC(=O)C3CCCCC3N2)nnc1C(C)Oc1ccccc1. The molecule has 7 nitrogen and oxygen atoms in total. The van der Waals surface area contributed by atoms with Crippen LogP contribution in [0.25, 0.3) is 0 Å². The molecule has 4 unspecified atom stereocenters. The van der Waals surface area contributed by atoms with Crippen molar-refractivity contribution in [2.45, 2.75) is 69.5 Å². The Balaban J connectivity index is 1.38. The van der Waals surface area contributed by atoms with Crippen LogP contribution in [0.5, 0.6) is 5.75 Å². The van der Waals surface area contributed by atoms with E-state index in [1.807, 2.05) is 37.3 Å². The van der Waals surface area contributed by atoms with Gasteiger partial charge in [0, 0.05) is 18.3 Å². The van der Waals surface area contributed by atoms with Crippen LogP contribution in [0, 0.1) is 5.92 Å². The van der Waals surface area contributed by atoms with Gasteiger partial charge in [-0.05, 0) is 38.8 Å². The maximum Gasteiger partial charge on any atom is 0.225 e. The second-order valence-corrected chi connectivity index (χ2v) is 8.68. The fraction of sp³-hybridized carbons (Fsp3) is 0.571. The van der Waals surface area contributed by atoms with Crippen molar-refractivity contribution in [3.8, 4) is 5.75 Å². The van der Waals surface area contributed by atoms with E-state index >= 15 is 0 Å². The van der Waals surface area contributed by atoms with Gasteiger partial charge in [0.1, 0.15) is 5.75 Å². The molecule has 2 fully saturated rings. The molecule has 0 radical (unpaired) electrons. The molecule has 1 saturated heterocycles. The van der Waals surface area contributed by atoms with Gasteiger partial charge in [-0.1, -0.05) is 42.8 Å². The van der Waals surface area contributed by atoms with Gasteiger partial charge in [-0.3, -0.25) is 10.1 Å². The predicted octanol–water partition coefficient (Wildman–Crippen LogP) is 3.13. The van der Waals surface area contributed by atoms with Crippen LogP contribution in [0.15, 0.2) is 35.5 Å². The van der Waals surface area contributed by atoms with Crippen LogP contribution in [0.4, 0.5) is 0 Å². The van der Waals surface area contributed by atoms with Crippen molar-refractivity contribution in [1.29, 1.82) is 0 Å². The molecule has 156 valence electrons. The van der Waals surface area contributed by atoms with Crippen LogP contribution in [0.2, 0.25) is 0 Å². The Bertz CT molecular complexity index is 828. The molecular weight excluding hydrogens is 386 g/mol.